The molecule has 3 fully saturated rings. The van der Waals surface area contributed by atoms with E-state index < -0.39 is 132 Å². The topological polar surface area (TPSA) is 253 Å². The second kappa shape index (κ2) is 15.6. The van der Waals surface area contributed by atoms with Gasteiger partial charge in [-0.05, 0) is 38.8 Å². The van der Waals surface area contributed by atoms with Crippen LogP contribution in [0.4, 0.5) is 0 Å². The third kappa shape index (κ3) is 7.30. The van der Waals surface area contributed by atoms with E-state index in [-0.39, 0.29) is 24.1 Å². The molecular formula is C38H47NO18. The minimum Gasteiger partial charge on any atom is -0.465 e. The van der Waals surface area contributed by atoms with Gasteiger partial charge in [0.2, 0.25) is 0 Å². The number of esters is 8. The fourth-order valence-corrected chi connectivity index (χ4v) is 9.16. The van der Waals surface area contributed by atoms with Gasteiger partial charge in [-0.2, -0.15) is 0 Å². The van der Waals surface area contributed by atoms with Crippen LogP contribution in [-0.2, 0) is 82.6 Å². The van der Waals surface area contributed by atoms with Crippen molar-refractivity contribution < 1.29 is 86.1 Å². The maximum atomic E-state index is 14.1. The third-order valence-electron chi connectivity index (χ3n) is 11.1. The van der Waals surface area contributed by atoms with Crippen LogP contribution < -0.4 is 0 Å². The van der Waals surface area contributed by atoms with Gasteiger partial charge in [-0.15, -0.1) is 0 Å². The molecular weight excluding hydrogens is 758 g/mol. The van der Waals surface area contributed by atoms with Crippen LogP contribution in [0.3, 0.4) is 0 Å². The van der Waals surface area contributed by atoms with Crippen molar-refractivity contribution in [2.75, 3.05) is 13.2 Å². The molecule has 3 heterocycles. The van der Waals surface area contributed by atoms with Crippen LogP contribution in [0.1, 0.15) is 84.8 Å². The van der Waals surface area contributed by atoms with E-state index in [2.05, 4.69) is 4.98 Å². The molecule has 0 radical (unpaired) electrons. The summed E-state index contributed by atoms with van der Waals surface area (Å²) in [6.45, 7) is 8.15. The van der Waals surface area contributed by atoms with Crippen molar-refractivity contribution in [3.05, 3.63) is 29.6 Å². The van der Waals surface area contributed by atoms with E-state index in [1.165, 1.54) is 32.2 Å². The van der Waals surface area contributed by atoms with Gasteiger partial charge in [-0.3, -0.25) is 38.5 Å². The number of carbonyl (C=O) groups is 8. The van der Waals surface area contributed by atoms with Crippen molar-refractivity contribution in [1.29, 1.82) is 0 Å². The zero-order valence-corrected chi connectivity index (χ0v) is 33.0. The Bertz CT molecular complexity index is 1840. The first-order valence-corrected chi connectivity index (χ1v) is 18.3. The molecule has 12 atom stereocenters. The Morgan fingerprint density at radius 3 is 1.91 bits per heavy atom. The fourth-order valence-electron chi connectivity index (χ4n) is 9.16. The summed E-state index contributed by atoms with van der Waals surface area (Å²) >= 11 is 0. The number of aryl methyl sites for hydroxylation is 1. The lowest BCUT2D eigenvalue weighted by Crippen LogP contribution is -2.89. The molecule has 5 rings (SSSR count). The molecule has 57 heavy (non-hydrogen) atoms. The van der Waals surface area contributed by atoms with Gasteiger partial charge in [0.05, 0.1) is 23.1 Å². The number of cyclic esters (lactones) is 1. The molecule has 1 N–H and O–H groups in total. The van der Waals surface area contributed by atoms with Gasteiger partial charge in [-0.1, -0.05) is 6.92 Å². The number of ether oxygens (including phenoxy) is 9. The van der Waals surface area contributed by atoms with Crippen LogP contribution in [-0.4, -0.2) is 124 Å². The lowest BCUT2D eigenvalue weighted by Gasteiger charge is -2.67. The highest BCUT2D eigenvalue weighted by molar-refractivity contribution is 5.90. The molecule has 2 aliphatic heterocycles. The molecule has 312 valence electrons. The summed E-state index contributed by atoms with van der Waals surface area (Å²) in [6.07, 6.45) is -10.3. The minimum atomic E-state index is -2.80. The van der Waals surface area contributed by atoms with E-state index in [0.717, 1.165) is 48.5 Å². The number of pyridine rings is 1. The average molecular weight is 806 g/mol. The second-order valence-electron chi connectivity index (χ2n) is 15.3. The molecule has 0 amide bonds. The molecule has 1 aromatic rings. The molecule has 4 aliphatic rings. The highest BCUT2D eigenvalue weighted by atomic mass is 16.7. The zero-order valence-electron chi connectivity index (χ0n) is 33.0. The summed E-state index contributed by atoms with van der Waals surface area (Å²) in [4.78, 5) is 111. The highest BCUT2D eigenvalue weighted by Crippen LogP contribution is 2.70. The first-order valence-electron chi connectivity index (χ1n) is 18.3. The number of aromatic nitrogens is 1. The molecule has 1 saturated heterocycles. The number of nitrogens with zero attached hydrogens (tertiary/aromatic N) is 1. The van der Waals surface area contributed by atoms with Gasteiger partial charge in [0.15, 0.2) is 30.0 Å². The monoisotopic (exact) mass is 805 g/mol. The van der Waals surface area contributed by atoms with Crippen molar-refractivity contribution in [3.8, 4) is 0 Å². The average Bonchev–Trinajstić information content (AvgIpc) is 3.32. The van der Waals surface area contributed by atoms with Crippen molar-refractivity contribution in [2.45, 2.75) is 129 Å². The second-order valence-corrected chi connectivity index (χ2v) is 15.3. The Kier molecular flexibility index (Phi) is 11.8. The third-order valence-corrected chi connectivity index (χ3v) is 11.1. The lowest BCUT2D eigenvalue weighted by molar-refractivity contribution is -0.386. The normalized spacial score (nSPS) is 37.1. The number of rotatable bonds is 7. The van der Waals surface area contributed by atoms with Gasteiger partial charge < -0.3 is 47.7 Å². The standard InChI is InChI=1S/C38H47NO18/c1-17-12-13-25-24(11-10-14-39-25)34(47)50-15-35(8)26-27(51-19(3)41)31(54-22(6)44)37(16-49-18(2)40)32(55-23(7)45)28(52-20(4)42)30(56-33(17)46)36(9,48)38(37,57-35)29(26)53-21(5)43/h10-11,14,17,26-32,48H,12-13,15-16H2,1-9H3/t17?,26-,27+,28+,29-,30+,31-,32+,35+,36+,37-,38+/m1/s1. The van der Waals surface area contributed by atoms with E-state index in [1.54, 1.807) is 0 Å². The molecule has 1 spiro atoms. The van der Waals surface area contributed by atoms with E-state index >= 15 is 0 Å². The van der Waals surface area contributed by atoms with E-state index in [4.69, 9.17) is 42.6 Å². The van der Waals surface area contributed by atoms with E-state index in [0.29, 0.717) is 0 Å². The maximum Gasteiger partial charge on any atom is 0.340 e. The van der Waals surface area contributed by atoms with Gasteiger partial charge in [0.1, 0.15) is 42.0 Å². The van der Waals surface area contributed by atoms with Crippen LogP contribution in [0, 0.1) is 17.3 Å². The zero-order chi connectivity index (χ0) is 42.4. The van der Waals surface area contributed by atoms with E-state index in [9.17, 15) is 43.5 Å². The Labute approximate surface area is 327 Å². The number of carbonyl (C=O) groups excluding carboxylic acids is 8. The summed E-state index contributed by atoms with van der Waals surface area (Å²) in [5.41, 5.74) is -9.87. The molecule has 1 unspecified atom stereocenters. The smallest absolute Gasteiger partial charge is 0.340 e. The number of hydrogen-bond acceptors (Lipinski definition) is 19. The Morgan fingerprint density at radius 2 is 1.35 bits per heavy atom. The Balaban J connectivity index is 1.99. The van der Waals surface area contributed by atoms with Gasteiger partial charge in [-0.25, -0.2) is 4.79 Å². The van der Waals surface area contributed by atoms with Crippen LogP contribution in [0.5, 0.6) is 0 Å². The fraction of sp³-hybridized carbons (Fsp3) is 0.658. The molecule has 1 aromatic heterocycles. The molecule has 0 aromatic carbocycles. The summed E-state index contributed by atoms with van der Waals surface area (Å²) in [5.74, 6) is -10.5. The van der Waals surface area contributed by atoms with E-state index in [1.807, 2.05) is 0 Å². The summed E-state index contributed by atoms with van der Waals surface area (Å²) in [6, 6.07) is 2.95. The quantitative estimate of drug-likeness (QED) is 0.296. The van der Waals surface area contributed by atoms with Gasteiger partial charge in [0, 0.05) is 47.7 Å². The predicted octanol–water partition coefficient (Wildman–Crippen LogP) is 0.863. The highest BCUT2D eigenvalue weighted by Gasteiger charge is 2.92. The first-order chi connectivity index (χ1) is 26.5. The van der Waals surface area contributed by atoms with Crippen molar-refractivity contribution in [1.82, 2.24) is 4.98 Å². The predicted molar refractivity (Wildman–Crippen MR) is 185 cm³/mol. The Hall–Kier alpha value is -5.17. The molecule has 19 nitrogen and oxygen atoms in total. The van der Waals surface area contributed by atoms with Crippen LogP contribution in [0.15, 0.2) is 18.3 Å². The van der Waals surface area contributed by atoms with Crippen LogP contribution >= 0.6 is 0 Å². The minimum absolute atomic E-state index is 0.0290. The number of aliphatic hydroxyl groups is 1. The molecule has 19 heteroatoms. The summed E-state index contributed by atoms with van der Waals surface area (Å²) < 4.78 is 54.2. The summed E-state index contributed by atoms with van der Waals surface area (Å²) in [7, 11) is 0. The largest absolute Gasteiger partial charge is 0.465 e. The molecule has 2 saturated carbocycles. The SMILES string of the molecule is CC(=O)OC[C@]12[C@H](OC(C)=O)[C@@H](OC(C)=O)[C@@H]3[C@@H](OC(C)=O)[C@@]14O[C@@]3(C)COC(=O)c1cccnc1CCC(C)C(=O)O[C@@H]([C@H](OC(C)=O)[C@@H]2OC(C)=O)[C@]4(C)O. The maximum absolute atomic E-state index is 14.1. The summed E-state index contributed by atoms with van der Waals surface area (Å²) in [5, 5.41) is 13.4. The Morgan fingerprint density at radius 1 is 0.807 bits per heavy atom. The number of fused-ring (bicyclic) bond motifs is 5. The van der Waals surface area contributed by atoms with Crippen molar-refractivity contribution in [3.63, 3.8) is 0 Å². The molecule has 4 bridgehead atoms. The van der Waals surface area contributed by atoms with Gasteiger partial charge in [0.25, 0.3) is 0 Å². The van der Waals surface area contributed by atoms with Crippen LogP contribution in [0.25, 0.3) is 0 Å². The van der Waals surface area contributed by atoms with Gasteiger partial charge >= 0.3 is 47.8 Å². The molecule has 2 aliphatic carbocycles. The first kappa shape index (κ1) is 43.0. The van der Waals surface area contributed by atoms with Crippen LogP contribution in [0.2, 0.25) is 0 Å². The van der Waals surface area contributed by atoms with Crippen molar-refractivity contribution >= 4 is 47.8 Å². The number of hydrogen-bond donors (Lipinski definition) is 1. The van der Waals surface area contributed by atoms with Crippen molar-refractivity contribution in [2.24, 2.45) is 17.3 Å². The lowest BCUT2D eigenvalue weighted by atomic mass is 9.45.